The van der Waals surface area contributed by atoms with Crippen molar-refractivity contribution in [2.24, 2.45) is 0 Å². The normalized spacial score (nSPS) is 22.4. The van der Waals surface area contributed by atoms with Gasteiger partial charge in [0, 0.05) is 30.7 Å². The fraction of sp³-hybridized carbons (Fsp3) is 0.538. The molecule has 1 unspecified atom stereocenters. The van der Waals surface area contributed by atoms with Gasteiger partial charge in [-0.3, -0.25) is 4.90 Å². The highest BCUT2D eigenvalue weighted by Gasteiger charge is 2.15. The molecule has 1 heterocycles. The summed E-state index contributed by atoms with van der Waals surface area (Å²) in [5.74, 6) is -0.187. The van der Waals surface area contributed by atoms with Crippen LogP contribution in [-0.4, -0.2) is 30.7 Å². The number of halogens is 2. The third-order valence-corrected chi connectivity index (χ3v) is 3.32. The number of rotatable bonds is 2. The van der Waals surface area contributed by atoms with Gasteiger partial charge in [-0.15, -0.1) is 0 Å². The van der Waals surface area contributed by atoms with Gasteiger partial charge in [0.25, 0.3) is 0 Å². The van der Waals surface area contributed by atoms with Crippen molar-refractivity contribution in [3.05, 3.63) is 34.1 Å². The van der Waals surface area contributed by atoms with Crippen molar-refractivity contribution in [1.29, 1.82) is 0 Å². The number of nitrogens with zero attached hydrogens (tertiary/aromatic N) is 1. The highest BCUT2D eigenvalue weighted by atomic mass is 79.9. The van der Waals surface area contributed by atoms with Gasteiger partial charge in [-0.2, -0.15) is 0 Å². The molecule has 1 saturated heterocycles. The summed E-state index contributed by atoms with van der Waals surface area (Å²) in [5.41, 5.74) is 1.01. The van der Waals surface area contributed by atoms with Crippen molar-refractivity contribution in [2.75, 3.05) is 19.7 Å². The van der Waals surface area contributed by atoms with E-state index in [4.69, 9.17) is 4.74 Å². The first kappa shape index (κ1) is 13.0. The van der Waals surface area contributed by atoms with Crippen LogP contribution < -0.4 is 0 Å². The van der Waals surface area contributed by atoms with E-state index in [1.165, 1.54) is 6.07 Å². The molecule has 94 valence electrons. The van der Waals surface area contributed by atoms with Crippen LogP contribution in [0.15, 0.2) is 22.7 Å². The lowest BCUT2D eigenvalue weighted by molar-refractivity contribution is 0.0668. The van der Waals surface area contributed by atoms with Crippen LogP contribution in [0.4, 0.5) is 4.39 Å². The van der Waals surface area contributed by atoms with Crippen molar-refractivity contribution >= 4 is 15.9 Å². The van der Waals surface area contributed by atoms with Crippen LogP contribution in [0.2, 0.25) is 0 Å². The second-order valence-corrected chi connectivity index (χ2v) is 5.46. The smallest absolute Gasteiger partial charge is 0.124 e. The van der Waals surface area contributed by atoms with Crippen molar-refractivity contribution in [2.45, 2.75) is 26.0 Å². The van der Waals surface area contributed by atoms with Crippen molar-refractivity contribution < 1.29 is 9.13 Å². The van der Waals surface area contributed by atoms with E-state index in [9.17, 15) is 4.39 Å². The Morgan fingerprint density at radius 1 is 1.47 bits per heavy atom. The molecule has 0 amide bonds. The van der Waals surface area contributed by atoms with E-state index >= 15 is 0 Å². The first-order chi connectivity index (χ1) is 8.13. The average molecular weight is 302 g/mol. The lowest BCUT2D eigenvalue weighted by atomic mass is 10.2. The van der Waals surface area contributed by atoms with Gasteiger partial charge in [0.15, 0.2) is 0 Å². The fourth-order valence-electron chi connectivity index (χ4n) is 2.18. The molecule has 4 heteroatoms. The van der Waals surface area contributed by atoms with Crippen LogP contribution in [-0.2, 0) is 11.3 Å². The van der Waals surface area contributed by atoms with Crippen LogP contribution in [0.25, 0.3) is 0 Å². The molecule has 1 aliphatic rings. The predicted octanol–water partition coefficient (Wildman–Crippen LogP) is 3.20. The zero-order valence-corrected chi connectivity index (χ0v) is 11.5. The SMILES string of the molecule is CC1CN(Cc2cc(F)cc(Br)c2)CCCO1. The molecule has 1 aromatic rings. The molecule has 0 aromatic heterocycles. The molecule has 0 saturated carbocycles. The van der Waals surface area contributed by atoms with Gasteiger partial charge in [0.05, 0.1) is 6.10 Å². The van der Waals surface area contributed by atoms with Crippen molar-refractivity contribution in [3.8, 4) is 0 Å². The van der Waals surface area contributed by atoms with Gasteiger partial charge >= 0.3 is 0 Å². The Labute approximate surface area is 110 Å². The molecule has 2 nitrogen and oxygen atoms in total. The summed E-state index contributed by atoms with van der Waals surface area (Å²) in [6, 6.07) is 5.05. The molecule has 17 heavy (non-hydrogen) atoms. The molecule has 0 spiro atoms. The van der Waals surface area contributed by atoms with Crippen molar-refractivity contribution in [3.63, 3.8) is 0 Å². The summed E-state index contributed by atoms with van der Waals surface area (Å²) in [6.45, 7) is 5.61. The summed E-state index contributed by atoms with van der Waals surface area (Å²) < 4.78 is 19.7. The van der Waals surface area contributed by atoms with E-state index in [1.54, 1.807) is 6.07 Å². The molecule has 2 rings (SSSR count). The Bertz CT molecular complexity index is 365. The number of benzene rings is 1. The average Bonchev–Trinajstić information content (AvgIpc) is 2.41. The van der Waals surface area contributed by atoms with Crippen LogP contribution in [0.1, 0.15) is 18.9 Å². The van der Waals surface area contributed by atoms with Crippen LogP contribution in [0.5, 0.6) is 0 Å². The molecule has 1 fully saturated rings. The lowest BCUT2D eigenvalue weighted by Gasteiger charge is -2.21. The summed E-state index contributed by atoms with van der Waals surface area (Å²) in [4.78, 5) is 2.32. The first-order valence-corrected chi connectivity index (χ1v) is 6.72. The molecular formula is C13H17BrFNO. The monoisotopic (exact) mass is 301 g/mol. The Hall–Kier alpha value is -0.450. The van der Waals surface area contributed by atoms with Crippen LogP contribution in [0.3, 0.4) is 0 Å². The maximum Gasteiger partial charge on any atom is 0.124 e. The van der Waals surface area contributed by atoms with E-state index in [-0.39, 0.29) is 11.9 Å². The second kappa shape index (κ2) is 5.94. The summed E-state index contributed by atoms with van der Waals surface area (Å²) >= 11 is 3.32. The van der Waals surface area contributed by atoms with Crippen LogP contribution >= 0.6 is 15.9 Å². The quantitative estimate of drug-likeness (QED) is 0.832. The molecular weight excluding hydrogens is 285 g/mol. The van der Waals surface area contributed by atoms with E-state index in [1.807, 2.05) is 6.07 Å². The van der Waals surface area contributed by atoms with Gasteiger partial charge in [-0.05, 0) is 37.1 Å². The van der Waals surface area contributed by atoms with Crippen LogP contribution in [0, 0.1) is 5.82 Å². The van der Waals surface area contributed by atoms with Crippen molar-refractivity contribution in [1.82, 2.24) is 4.90 Å². The standard InChI is InChI=1S/C13H17BrFNO/c1-10-8-16(3-2-4-17-10)9-11-5-12(14)7-13(15)6-11/h5-7,10H,2-4,8-9H2,1H3. The number of hydrogen-bond acceptors (Lipinski definition) is 2. The molecule has 0 aliphatic carbocycles. The largest absolute Gasteiger partial charge is 0.377 e. The van der Waals surface area contributed by atoms with Gasteiger partial charge in [-0.25, -0.2) is 4.39 Å². The third-order valence-electron chi connectivity index (χ3n) is 2.86. The predicted molar refractivity (Wildman–Crippen MR) is 69.4 cm³/mol. The third kappa shape index (κ3) is 4.05. The van der Waals surface area contributed by atoms with Gasteiger partial charge < -0.3 is 4.74 Å². The Morgan fingerprint density at radius 3 is 3.06 bits per heavy atom. The Kier molecular flexibility index (Phi) is 4.54. The van der Waals surface area contributed by atoms with E-state index in [2.05, 4.69) is 27.8 Å². The highest BCUT2D eigenvalue weighted by molar-refractivity contribution is 9.10. The molecule has 0 radical (unpaired) electrons. The minimum atomic E-state index is -0.187. The molecule has 0 N–H and O–H groups in total. The number of hydrogen-bond donors (Lipinski definition) is 0. The van der Waals surface area contributed by atoms with Gasteiger partial charge in [0.1, 0.15) is 5.82 Å². The van der Waals surface area contributed by atoms with E-state index in [0.29, 0.717) is 0 Å². The minimum absolute atomic E-state index is 0.187. The van der Waals surface area contributed by atoms with E-state index in [0.717, 1.165) is 42.7 Å². The van der Waals surface area contributed by atoms with Gasteiger partial charge in [-0.1, -0.05) is 15.9 Å². The fourth-order valence-corrected chi connectivity index (χ4v) is 2.70. The Balaban J connectivity index is 2.03. The zero-order chi connectivity index (χ0) is 12.3. The van der Waals surface area contributed by atoms with Gasteiger partial charge in [0.2, 0.25) is 0 Å². The second-order valence-electron chi connectivity index (χ2n) is 4.55. The molecule has 1 aromatic carbocycles. The number of ether oxygens (including phenoxy) is 1. The summed E-state index contributed by atoms with van der Waals surface area (Å²) in [7, 11) is 0. The summed E-state index contributed by atoms with van der Waals surface area (Å²) in [6.07, 6.45) is 1.30. The molecule has 0 bridgehead atoms. The summed E-state index contributed by atoms with van der Waals surface area (Å²) in [5, 5.41) is 0. The van der Waals surface area contributed by atoms with E-state index < -0.39 is 0 Å². The minimum Gasteiger partial charge on any atom is -0.377 e. The maximum atomic E-state index is 13.3. The lowest BCUT2D eigenvalue weighted by Crippen LogP contribution is -2.29. The maximum absolute atomic E-state index is 13.3. The molecule has 1 atom stereocenters. The topological polar surface area (TPSA) is 12.5 Å². The molecule has 1 aliphatic heterocycles. The Morgan fingerprint density at radius 2 is 2.29 bits per heavy atom. The zero-order valence-electron chi connectivity index (χ0n) is 9.96. The highest BCUT2D eigenvalue weighted by Crippen LogP contribution is 2.17. The first-order valence-electron chi connectivity index (χ1n) is 5.92.